The Morgan fingerprint density at radius 1 is 1.11 bits per heavy atom. The highest BCUT2D eigenvalue weighted by atomic mass is 16.5. The van der Waals surface area contributed by atoms with Gasteiger partial charge < -0.3 is 29.0 Å². The van der Waals surface area contributed by atoms with Crippen LogP contribution in [0.4, 0.5) is 0 Å². The third-order valence-corrected chi connectivity index (χ3v) is 6.78. The summed E-state index contributed by atoms with van der Waals surface area (Å²) in [7, 11) is 1.54. The van der Waals surface area contributed by atoms with Crippen LogP contribution in [-0.4, -0.2) is 61.3 Å². The molecule has 2 heterocycles. The molecule has 1 N–H and O–H groups in total. The van der Waals surface area contributed by atoms with E-state index in [0.29, 0.717) is 48.2 Å². The number of likely N-dealkylation sites (tertiary alicyclic amines) is 1. The highest BCUT2D eigenvalue weighted by molar-refractivity contribution is 6.46. The quantitative estimate of drug-likeness (QED) is 0.254. The largest absolute Gasteiger partial charge is 0.507 e. The number of hydrogen-bond acceptors (Lipinski definition) is 7. The molecule has 1 saturated heterocycles. The molecule has 4 rings (SSSR count). The molecule has 204 valence electrons. The molecule has 2 aromatic rings. The van der Waals surface area contributed by atoms with Crippen molar-refractivity contribution in [2.24, 2.45) is 5.92 Å². The Morgan fingerprint density at radius 3 is 2.61 bits per heavy atom. The summed E-state index contributed by atoms with van der Waals surface area (Å²) < 4.78 is 22.8. The Balaban J connectivity index is 1.78. The van der Waals surface area contributed by atoms with Crippen LogP contribution < -0.4 is 14.2 Å². The number of fused-ring (bicyclic) bond motifs is 1. The number of methoxy groups -OCH3 is 1. The first-order chi connectivity index (χ1) is 18.2. The highest BCUT2D eigenvalue weighted by Gasteiger charge is 2.46. The third-order valence-electron chi connectivity index (χ3n) is 6.78. The van der Waals surface area contributed by atoms with Gasteiger partial charge in [0.05, 0.1) is 31.4 Å². The van der Waals surface area contributed by atoms with Crippen molar-refractivity contribution < 1.29 is 33.6 Å². The molecule has 8 nitrogen and oxygen atoms in total. The fourth-order valence-corrected chi connectivity index (χ4v) is 4.86. The van der Waals surface area contributed by atoms with Crippen molar-refractivity contribution in [3.05, 3.63) is 58.7 Å². The van der Waals surface area contributed by atoms with Crippen molar-refractivity contribution in [1.29, 1.82) is 0 Å². The zero-order chi connectivity index (χ0) is 27.4. The molecule has 2 aliphatic heterocycles. The van der Waals surface area contributed by atoms with Gasteiger partial charge in [0.2, 0.25) is 0 Å². The van der Waals surface area contributed by atoms with Crippen molar-refractivity contribution in [1.82, 2.24) is 4.90 Å². The zero-order valence-electron chi connectivity index (χ0n) is 22.8. The van der Waals surface area contributed by atoms with Crippen LogP contribution >= 0.6 is 0 Å². The van der Waals surface area contributed by atoms with Gasteiger partial charge in [-0.05, 0) is 67.6 Å². The lowest BCUT2D eigenvalue weighted by atomic mass is 9.94. The Morgan fingerprint density at radius 2 is 1.89 bits per heavy atom. The van der Waals surface area contributed by atoms with Crippen LogP contribution in [0.3, 0.4) is 0 Å². The predicted octanol–water partition coefficient (Wildman–Crippen LogP) is 4.90. The van der Waals surface area contributed by atoms with Gasteiger partial charge >= 0.3 is 0 Å². The number of benzene rings is 2. The molecular weight excluding hydrogens is 486 g/mol. The number of carbonyl (C=O) groups excluding carboxylic acids is 2. The number of carbonyl (C=O) groups is 2. The molecule has 0 aliphatic carbocycles. The summed E-state index contributed by atoms with van der Waals surface area (Å²) >= 11 is 0. The Labute approximate surface area is 224 Å². The van der Waals surface area contributed by atoms with E-state index in [1.807, 2.05) is 26.0 Å². The molecular formula is C30H37NO7. The maximum absolute atomic E-state index is 13.3. The van der Waals surface area contributed by atoms with Gasteiger partial charge in [-0.3, -0.25) is 9.59 Å². The van der Waals surface area contributed by atoms with Crippen LogP contribution in [0.5, 0.6) is 17.2 Å². The van der Waals surface area contributed by atoms with Gasteiger partial charge in [0.1, 0.15) is 17.6 Å². The van der Waals surface area contributed by atoms with Gasteiger partial charge in [-0.25, -0.2) is 0 Å². The fraction of sp³-hybridized carbons (Fsp3) is 0.467. The van der Waals surface area contributed by atoms with Gasteiger partial charge in [0.25, 0.3) is 11.7 Å². The first-order valence-electron chi connectivity index (χ1n) is 13.2. The summed E-state index contributed by atoms with van der Waals surface area (Å²) in [6.07, 6.45) is 1.65. The highest BCUT2D eigenvalue weighted by Crippen LogP contribution is 2.42. The van der Waals surface area contributed by atoms with E-state index in [2.05, 4.69) is 13.8 Å². The molecule has 0 radical (unpaired) electrons. The second-order valence-corrected chi connectivity index (χ2v) is 10.1. The average Bonchev–Trinajstić information content (AvgIpc) is 3.38. The van der Waals surface area contributed by atoms with Gasteiger partial charge in [-0.2, -0.15) is 0 Å². The lowest BCUT2D eigenvalue weighted by Gasteiger charge is -2.26. The van der Waals surface area contributed by atoms with E-state index in [4.69, 9.17) is 18.9 Å². The second-order valence-electron chi connectivity index (χ2n) is 10.1. The lowest BCUT2D eigenvalue weighted by Crippen LogP contribution is -2.32. The van der Waals surface area contributed by atoms with Gasteiger partial charge in [-0.1, -0.05) is 19.9 Å². The Hall–Kier alpha value is -3.52. The summed E-state index contributed by atoms with van der Waals surface area (Å²) in [5.74, 6) is 0.754. The molecule has 1 amide bonds. The Bertz CT molecular complexity index is 1220. The fourth-order valence-electron chi connectivity index (χ4n) is 4.86. The second kappa shape index (κ2) is 11.9. The number of rotatable bonds is 11. The van der Waals surface area contributed by atoms with E-state index in [9.17, 15) is 14.7 Å². The summed E-state index contributed by atoms with van der Waals surface area (Å²) in [5, 5.41) is 11.4. The number of ketones is 1. The van der Waals surface area contributed by atoms with Crippen molar-refractivity contribution in [2.45, 2.75) is 52.7 Å². The van der Waals surface area contributed by atoms with E-state index in [1.165, 1.54) is 12.0 Å². The number of amides is 1. The minimum atomic E-state index is -0.808. The van der Waals surface area contributed by atoms with Crippen LogP contribution in [0.25, 0.3) is 5.76 Å². The van der Waals surface area contributed by atoms with Gasteiger partial charge in [-0.15, -0.1) is 0 Å². The molecule has 8 heteroatoms. The summed E-state index contributed by atoms with van der Waals surface area (Å²) in [4.78, 5) is 27.9. The van der Waals surface area contributed by atoms with Crippen molar-refractivity contribution in [2.75, 3.05) is 33.5 Å². The monoisotopic (exact) mass is 523 g/mol. The van der Waals surface area contributed by atoms with E-state index >= 15 is 0 Å². The van der Waals surface area contributed by atoms with Crippen LogP contribution in [0.1, 0.15) is 56.8 Å². The minimum Gasteiger partial charge on any atom is -0.507 e. The first-order valence-corrected chi connectivity index (χ1v) is 13.2. The smallest absolute Gasteiger partial charge is 0.295 e. The lowest BCUT2D eigenvalue weighted by molar-refractivity contribution is -0.140. The standard InChI is InChI=1S/C30H37NO7/c1-6-36-25-17-20(7-10-24(25)37-13-11-18(2)3)27-26(29(33)30(34)31(27)12-14-35-5)28(32)21-8-9-23-22(16-21)15-19(4)38-23/h7-10,16-19,27,32H,6,11-15H2,1-5H3/t19-,27-/m0/s1. The maximum Gasteiger partial charge on any atom is 0.295 e. The molecule has 2 aromatic carbocycles. The minimum absolute atomic E-state index is 0.0361. The summed E-state index contributed by atoms with van der Waals surface area (Å²) in [6, 6.07) is 9.92. The third kappa shape index (κ3) is 5.65. The first kappa shape index (κ1) is 27.5. The summed E-state index contributed by atoms with van der Waals surface area (Å²) in [5.41, 5.74) is 2.09. The molecule has 2 aliphatic rings. The molecule has 2 atom stereocenters. The van der Waals surface area contributed by atoms with Crippen molar-refractivity contribution >= 4 is 17.4 Å². The molecule has 1 fully saturated rings. The van der Waals surface area contributed by atoms with E-state index in [1.54, 1.807) is 24.3 Å². The summed E-state index contributed by atoms with van der Waals surface area (Å²) in [6.45, 7) is 9.52. The molecule has 0 spiro atoms. The average molecular weight is 524 g/mol. The van der Waals surface area contributed by atoms with Crippen LogP contribution in [0, 0.1) is 5.92 Å². The number of aliphatic hydroxyl groups is 1. The molecule has 0 saturated carbocycles. The predicted molar refractivity (Wildman–Crippen MR) is 144 cm³/mol. The van der Waals surface area contributed by atoms with Crippen LogP contribution in [0.2, 0.25) is 0 Å². The molecule has 38 heavy (non-hydrogen) atoms. The Kier molecular flexibility index (Phi) is 8.62. The van der Waals surface area contributed by atoms with E-state index in [0.717, 1.165) is 17.7 Å². The van der Waals surface area contributed by atoms with Crippen LogP contribution in [-0.2, 0) is 20.7 Å². The maximum atomic E-state index is 13.3. The number of aliphatic hydroxyl groups excluding tert-OH is 1. The molecule has 0 aromatic heterocycles. The molecule has 0 unspecified atom stereocenters. The molecule has 0 bridgehead atoms. The van der Waals surface area contributed by atoms with Gasteiger partial charge in [0.15, 0.2) is 11.5 Å². The van der Waals surface area contributed by atoms with E-state index in [-0.39, 0.29) is 30.6 Å². The normalized spacial score (nSPS) is 20.1. The van der Waals surface area contributed by atoms with Gasteiger partial charge in [0, 0.05) is 25.6 Å². The van der Waals surface area contributed by atoms with Crippen LogP contribution in [0.15, 0.2) is 42.0 Å². The number of Topliss-reactive ketones (excluding diaryl/α,β-unsaturated/α-hetero) is 1. The number of nitrogens with zero attached hydrogens (tertiary/aromatic N) is 1. The topological polar surface area (TPSA) is 94.5 Å². The zero-order valence-corrected chi connectivity index (χ0v) is 22.8. The number of ether oxygens (including phenoxy) is 4. The van der Waals surface area contributed by atoms with E-state index < -0.39 is 17.7 Å². The number of hydrogen-bond donors (Lipinski definition) is 1. The van der Waals surface area contributed by atoms with Crippen molar-refractivity contribution in [3.63, 3.8) is 0 Å². The SMILES string of the molecule is CCOc1cc([C@H]2C(=C(O)c3ccc4c(c3)C[C@H](C)O4)C(=O)C(=O)N2CCOC)ccc1OCCC(C)C. The van der Waals surface area contributed by atoms with Crippen molar-refractivity contribution in [3.8, 4) is 17.2 Å².